The molecule has 0 radical (unpaired) electrons. The lowest BCUT2D eigenvalue weighted by molar-refractivity contribution is -0.192. The molecule has 0 bridgehead atoms. The number of ether oxygens (including phenoxy) is 1. The minimum absolute atomic E-state index is 0.0538. The third kappa shape index (κ3) is 4.04. The first-order valence-corrected chi connectivity index (χ1v) is 7.08. The number of hydrogen-bond donors (Lipinski definition) is 2. The second-order valence-electron chi connectivity index (χ2n) is 5.27. The molecule has 0 atom stereocenters. The van der Waals surface area contributed by atoms with Crippen LogP contribution in [0.5, 0.6) is 5.75 Å². The number of fused-ring (bicyclic) bond motifs is 1. The summed E-state index contributed by atoms with van der Waals surface area (Å²) in [6, 6.07) is 5.98. The Morgan fingerprint density at radius 2 is 1.91 bits per heavy atom. The van der Waals surface area contributed by atoms with Crippen LogP contribution in [-0.4, -0.2) is 35.9 Å². The number of halogens is 4. The molecular formula is C14H15ClF3NO3. The Hall–Kier alpha value is -1.47. The monoisotopic (exact) mass is 337 g/mol. The molecule has 0 saturated carbocycles. The van der Waals surface area contributed by atoms with E-state index < -0.39 is 12.1 Å². The van der Waals surface area contributed by atoms with Crippen molar-refractivity contribution in [2.45, 2.75) is 31.0 Å². The topological polar surface area (TPSA) is 58.6 Å². The molecule has 8 heteroatoms. The molecule has 2 aliphatic rings. The molecule has 22 heavy (non-hydrogen) atoms. The van der Waals surface area contributed by atoms with Gasteiger partial charge in [-0.05, 0) is 43.6 Å². The Balaban J connectivity index is 0.000000217. The average molecular weight is 338 g/mol. The molecule has 1 saturated heterocycles. The molecule has 2 N–H and O–H groups in total. The number of piperidine rings is 1. The molecule has 122 valence electrons. The van der Waals surface area contributed by atoms with Crippen molar-refractivity contribution in [3.8, 4) is 5.75 Å². The number of hydrogen-bond acceptors (Lipinski definition) is 3. The summed E-state index contributed by atoms with van der Waals surface area (Å²) in [6.07, 6.45) is -1.85. The van der Waals surface area contributed by atoms with Gasteiger partial charge in [0.15, 0.2) is 0 Å². The Morgan fingerprint density at radius 1 is 1.32 bits per heavy atom. The minimum atomic E-state index is -5.08. The van der Waals surface area contributed by atoms with Crippen LogP contribution in [0.15, 0.2) is 18.2 Å². The van der Waals surface area contributed by atoms with E-state index in [9.17, 15) is 13.2 Å². The van der Waals surface area contributed by atoms with Crippen LogP contribution in [0.3, 0.4) is 0 Å². The third-order valence-electron chi connectivity index (χ3n) is 3.63. The Kier molecular flexibility index (Phi) is 4.87. The van der Waals surface area contributed by atoms with Crippen LogP contribution in [0.25, 0.3) is 0 Å². The van der Waals surface area contributed by atoms with Gasteiger partial charge in [-0.1, -0.05) is 17.7 Å². The van der Waals surface area contributed by atoms with Crippen molar-refractivity contribution in [2.24, 2.45) is 0 Å². The van der Waals surface area contributed by atoms with Crippen molar-refractivity contribution in [2.75, 3.05) is 13.1 Å². The van der Waals surface area contributed by atoms with Gasteiger partial charge in [0.1, 0.15) is 11.4 Å². The van der Waals surface area contributed by atoms with Gasteiger partial charge in [-0.15, -0.1) is 0 Å². The SMILES string of the molecule is Clc1ccc2c(c1)OC1(CCNCC1)C2.O=C(O)C(F)(F)F. The van der Waals surface area contributed by atoms with Gasteiger partial charge in [-0.2, -0.15) is 13.2 Å². The van der Waals surface area contributed by atoms with Gasteiger partial charge >= 0.3 is 12.1 Å². The lowest BCUT2D eigenvalue weighted by atomic mass is 9.88. The van der Waals surface area contributed by atoms with Gasteiger partial charge in [0.05, 0.1) is 0 Å². The maximum absolute atomic E-state index is 10.6. The van der Waals surface area contributed by atoms with E-state index in [1.54, 1.807) is 0 Å². The summed E-state index contributed by atoms with van der Waals surface area (Å²) in [5, 5.41) is 11.3. The summed E-state index contributed by atoms with van der Waals surface area (Å²) in [4.78, 5) is 8.90. The smallest absolute Gasteiger partial charge is 0.486 e. The lowest BCUT2D eigenvalue weighted by Gasteiger charge is -2.33. The molecule has 0 aliphatic carbocycles. The van der Waals surface area contributed by atoms with E-state index in [0.29, 0.717) is 0 Å². The molecule has 1 aromatic rings. The summed E-state index contributed by atoms with van der Waals surface area (Å²) >= 11 is 5.96. The van der Waals surface area contributed by atoms with E-state index in [-0.39, 0.29) is 5.60 Å². The third-order valence-corrected chi connectivity index (χ3v) is 3.86. The number of nitrogens with one attached hydrogen (secondary N) is 1. The van der Waals surface area contributed by atoms with Crippen LogP contribution in [0.1, 0.15) is 18.4 Å². The zero-order chi connectivity index (χ0) is 16.4. The molecule has 1 spiro atoms. The number of carboxylic acids is 1. The molecule has 1 aromatic carbocycles. The highest BCUT2D eigenvalue weighted by molar-refractivity contribution is 6.30. The molecule has 4 nitrogen and oxygen atoms in total. The highest BCUT2D eigenvalue weighted by atomic mass is 35.5. The normalized spacial score (nSPS) is 18.9. The summed E-state index contributed by atoms with van der Waals surface area (Å²) < 4.78 is 37.8. The lowest BCUT2D eigenvalue weighted by Crippen LogP contribution is -2.45. The first kappa shape index (κ1) is 16.9. The Labute approximate surface area is 130 Å². The van der Waals surface area contributed by atoms with Gasteiger partial charge < -0.3 is 15.2 Å². The van der Waals surface area contributed by atoms with E-state index in [2.05, 4.69) is 11.4 Å². The van der Waals surface area contributed by atoms with Crippen LogP contribution >= 0.6 is 11.6 Å². The number of carbonyl (C=O) groups is 1. The van der Waals surface area contributed by atoms with Crippen LogP contribution in [0.2, 0.25) is 5.02 Å². The average Bonchev–Trinajstić information content (AvgIpc) is 2.75. The second-order valence-corrected chi connectivity index (χ2v) is 5.70. The number of rotatable bonds is 0. The fourth-order valence-electron chi connectivity index (χ4n) is 2.55. The summed E-state index contributed by atoms with van der Waals surface area (Å²) in [5.41, 5.74) is 1.36. The van der Waals surface area contributed by atoms with Gasteiger partial charge in [-0.3, -0.25) is 0 Å². The summed E-state index contributed by atoms with van der Waals surface area (Å²) in [6.45, 7) is 2.11. The first-order valence-electron chi connectivity index (χ1n) is 6.70. The van der Waals surface area contributed by atoms with E-state index in [1.807, 2.05) is 12.1 Å². The van der Waals surface area contributed by atoms with E-state index in [1.165, 1.54) is 5.56 Å². The van der Waals surface area contributed by atoms with Gasteiger partial charge in [0, 0.05) is 11.4 Å². The van der Waals surface area contributed by atoms with Crippen LogP contribution in [0, 0.1) is 0 Å². The molecule has 0 aromatic heterocycles. The van der Waals surface area contributed by atoms with E-state index in [0.717, 1.165) is 43.1 Å². The van der Waals surface area contributed by atoms with Crippen molar-refractivity contribution in [1.29, 1.82) is 0 Å². The summed E-state index contributed by atoms with van der Waals surface area (Å²) in [5.74, 6) is -1.77. The molecule has 2 aliphatic heterocycles. The zero-order valence-corrected chi connectivity index (χ0v) is 12.3. The molecule has 1 fully saturated rings. The van der Waals surface area contributed by atoms with E-state index >= 15 is 0 Å². The van der Waals surface area contributed by atoms with Crippen LogP contribution in [-0.2, 0) is 11.2 Å². The number of aliphatic carboxylic acids is 1. The highest BCUT2D eigenvalue weighted by Crippen LogP contribution is 2.40. The zero-order valence-electron chi connectivity index (χ0n) is 11.5. The predicted molar refractivity (Wildman–Crippen MR) is 74.3 cm³/mol. The van der Waals surface area contributed by atoms with Crippen molar-refractivity contribution in [3.63, 3.8) is 0 Å². The molecule has 0 unspecified atom stereocenters. The van der Waals surface area contributed by atoms with E-state index in [4.69, 9.17) is 26.2 Å². The van der Waals surface area contributed by atoms with Crippen LogP contribution in [0.4, 0.5) is 13.2 Å². The fourth-order valence-corrected chi connectivity index (χ4v) is 2.71. The number of benzene rings is 1. The standard InChI is InChI=1S/C12H14ClNO.C2HF3O2/c13-10-2-1-9-8-12(15-11(9)7-10)3-5-14-6-4-12;3-2(4,5)1(6)7/h1-2,7,14H,3-6,8H2;(H,6,7). The maximum atomic E-state index is 10.6. The van der Waals surface area contributed by atoms with Crippen molar-refractivity contribution in [1.82, 2.24) is 5.32 Å². The number of alkyl halides is 3. The Bertz CT molecular complexity index is 557. The molecule has 2 heterocycles. The van der Waals surface area contributed by atoms with Gasteiger partial charge in [0.25, 0.3) is 0 Å². The number of carboxylic acid groups (broad SMARTS) is 1. The van der Waals surface area contributed by atoms with Gasteiger partial charge in [0.2, 0.25) is 0 Å². The predicted octanol–water partition coefficient (Wildman–Crippen LogP) is 3.03. The quantitative estimate of drug-likeness (QED) is 0.764. The molecule has 0 amide bonds. The van der Waals surface area contributed by atoms with Crippen LogP contribution < -0.4 is 10.1 Å². The largest absolute Gasteiger partial charge is 0.490 e. The molecular weight excluding hydrogens is 323 g/mol. The Morgan fingerprint density at radius 3 is 2.45 bits per heavy atom. The minimum Gasteiger partial charge on any atom is -0.486 e. The van der Waals surface area contributed by atoms with Gasteiger partial charge in [-0.25, -0.2) is 4.79 Å². The summed E-state index contributed by atoms with van der Waals surface area (Å²) in [7, 11) is 0. The first-order chi connectivity index (χ1) is 10.2. The highest BCUT2D eigenvalue weighted by Gasteiger charge is 2.40. The second kappa shape index (κ2) is 6.34. The van der Waals surface area contributed by atoms with Crippen molar-refractivity contribution in [3.05, 3.63) is 28.8 Å². The maximum Gasteiger partial charge on any atom is 0.490 e. The van der Waals surface area contributed by atoms with Crippen molar-refractivity contribution < 1.29 is 27.8 Å². The molecule has 3 rings (SSSR count). The fraction of sp³-hybridized carbons (Fsp3) is 0.500. The van der Waals surface area contributed by atoms with Crippen molar-refractivity contribution >= 4 is 17.6 Å².